The molecular formula is C20H12FN3O3. The Morgan fingerprint density at radius 2 is 1.96 bits per heavy atom. The quantitative estimate of drug-likeness (QED) is 0.276. The van der Waals surface area contributed by atoms with E-state index in [9.17, 15) is 19.8 Å². The number of allylic oxidation sites excluding steroid dienone is 1. The Bertz CT molecular complexity index is 1040. The van der Waals surface area contributed by atoms with E-state index >= 15 is 0 Å². The highest BCUT2D eigenvalue weighted by Gasteiger charge is 2.07. The molecule has 0 aliphatic carbocycles. The van der Waals surface area contributed by atoms with Crippen LogP contribution in [0.5, 0.6) is 11.6 Å². The highest BCUT2D eigenvalue weighted by atomic mass is 19.1. The number of nitriles is 1. The van der Waals surface area contributed by atoms with Crippen LogP contribution in [0.4, 0.5) is 10.1 Å². The first kappa shape index (κ1) is 17.8. The van der Waals surface area contributed by atoms with Crippen LogP contribution in [0.25, 0.3) is 11.6 Å². The summed E-state index contributed by atoms with van der Waals surface area (Å²) in [6, 6.07) is 17.4. The van der Waals surface area contributed by atoms with Crippen LogP contribution >= 0.6 is 0 Å². The summed E-state index contributed by atoms with van der Waals surface area (Å²) in [5.41, 5.74) is 1.44. The van der Waals surface area contributed by atoms with Crippen LogP contribution in [0.2, 0.25) is 0 Å². The summed E-state index contributed by atoms with van der Waals surface area (Å²) in [4.78, 5) is 14.0. The zero-order valence-corrected chi connectivity index (χ0v) is 13.9. The highest BCUT2D eigenvalue weighted by molar-refractivity contribution is 5.89. The van der Waals surface area contributed by atoms with Crippen LogP contribution in [-0.4, -0.2) is 9.91 Å². The molecule has 0 saturated heterocycles. The Labute approximate surface area is 153 Å². The van der Waals surface area contributed by atoms with E-state index < -0.39 is 10.7 Å². The van der Waals surface area contributed by atoms with E-state index in [1.54, 1.807) is 42.5 Å². The second kappa shape index (κ2) is 7.89. The molecule has 0 N–H and O–H groups in total. The van der Waals surface area contributed by atoms with Crippen molar-refractivity contribution in [1.29, 1.82) is 5.26 Å². The fraction of sp³-hybridized carbons (Fsp3) is 0. The monoisotopic (exact) mass is 361 g/mol. The minimum absolute atomic E-state index is 0.121. The third kappa shape index (κ3) is 4.52. The molecule has 1 heterocycles. The van der Waals surface area contributed by atoms with E-state index in [2.05, 4.69) is 11.1 Å². The lowest BCUT2D eigenvalue weighted by atomic mass is 10.0. The lowest BCUT2D eigenvalue weighted by Crippen LogP contribution is -1.91. The lowest BCUT2D eigenvalue weighted by Gasteiger charge is -2.05. The van der Waals surface area contributed by atoms with Gasteiger partial charge >= 0.3 is 0 Å². The second-order valence-corrected chi connectivity index (χ2v) is 5.46. The number of nitrogens with zero attached hydrogens (tertiary/aromatic N) is 3. The van der Waals surface area contributed by atoms with E-state index in [0.29, 0.717) is 16.9 Å². The van der Waals surface area contributed by atoms with Crippen molar-refractivity contribution in [1.82, 2.24) is 4.98 Å². The molecule has 132 valence electrons. The largest absolute Gasteiger partial charge is 0.439 e. The summed E-state index contributed by atoms with van der Waals surface area (Å²) < 4.78 is 18.9. The first-order valence-electron chi connectivity index (χ1n) is 7.81. The molecule has 3 rings (SSSR count). The van der Waals surface area contributed by atoms with Crippen LogP contribution in [0, 0.1) is 27.3 Å². The Hall–Kier alpha value is -4.05. The molecular weight excluding hydrogens is 349 g/mol. The van der Waals surface area contributed by atoms with Crippen LogP contribution in [0.15, 0.2) is 66.9 Å². The van der Waals surface area contributed by atoms with Gasteiger partial charge < -0.3 is 4.74 Å². The molecule has 3 aromatic rings. The molecule has 0 atom stereocenters. The number of nitro groups is 1. The fourth-order valence-corrected chi connectivity index (χ4v) is 2.30. The van der Waals surface area contributed by atoms with E-state index in [1.165, 1.54) is 24.3 Å². The number of ether oxygens (including phenoxy) is 1. The van der Waals surface area contributed by atoms with Gasteiger partial charge in [0.05, 0.1) is 16.6 Å². The van der Waals surface area contributed by atoms with Gasteiger partial charge in [-0.1, -0.05) is 24.3 Å². The first-order valence-corrected chi connectivity index (χ1v) is 7.81. The molecule has 2 aromatic carbocycles. The third-order valence-electron chi connectivity index (χ3n) is 3.60. The molecule has 0 unspecified atom stereocenters. The molecule has 0 aliphatic heterocycles. The molecule has 0 spiro atoms. The zero-order valence-electron chi connectivity index (χ0n) is 13.9. The molecule has 0 fully saturated rings. The predicted molar refractivity (Wildman–Crippen MR) is 97.3 cm³/mol. The average molecular weight is 361 g/mol. The van der Waals surface area contributed by atoms with Crippen LogP contribution < -0.4 is 4.74 Å². The van der Waals surface area contributed by atoms with Gasteiger partial charge in [0.25, 0.3) is 5.69 Å². The maximum atomic E-state index is 13.3. The van der Waals surface area contributed by atoms with Crippen molar-refractivity contribution in [3.63, 3.8) is 0 Å². The highest BCUT2D eigenvalue weighted by Crippen LogP contribution is 2.23. The maximum Gasteiger partial charge on any atom is 0.287 e. The summed E-state index contributed by atoms with van der Waals surface area (Å²) in [6.45, 7) is 0. The molecule has 1 aromatic heterocycles. The number of hydrogen-bond donors (Lipinski definition) is 0. The third-order valence-corrected chi connectivity index (χ3v) is 3.60. The van der Waals surface area contributed by atoms with Gasteiger partial charge in [-0.05, 0) is 41.5 Å². The number of pyridine rings is 1. The van der Waals surface area contributed by atoms with Crippen molar-refractivity contribution >= 4 is 17.3 Å². The average Bonchev–Trinajstić information content (AvgIpc) is 2.68. The number of aromatic nitrogens is 1. The molecule has 27 heavy (non-hydrogen) atoms. The van der Waals surface area contributed by atoms with Crippen molar-refractivity contribution in [3.05, 3.63) is 93.9 Å². The van der Waals surface area contributed by atoms with Gasteiger partial charge in [-0.15, -0.1) is 0 Å². The molecule has 0 amide bonds. The Morgan fingerprint density at radius 1 is 1.19 bits per heavy atom. The normalized spacial score (nSPS) is 10.9. The van der Waals surface area contributed by atoms with Gasteiger partial charge in [0, 0.05) is 12.1 Å². The second-order valence-electron chi connectivity index (χ2n) is 5.46. The van der Waals surface area contributed by atoms with Crippen LogP contribution in [0.1, 0.15) is 11.1 Å². The minimum atomic E-state index is -0.538. The van der Waals surface area contributed by atoms with E-state index in [1.807, 2.05) is 0 Å². The summed E-state index contributed by atoms with van der Waals surface area (Å²) in [5, 5.41) is 19.9. The van der Waals surface area contributed by atoms with Crippen molar-refractivity contribution in [2.24, 2.45) is 0 Å². The first-order chi connectivity index (χ1) is 13.0. The van der Waals surface area contributed by atoms with Gasteiger partial charge in [-0.3, -0.25) is 10.1 Å². The van der Waals surface area contributed by atoms with Gasteiger partial charge in [0.15, 0.2) is 0 Å². The topological polar surface area (TPSA) is 89.0 Å². The molecule has 0 saturated carbocycles. The Morgan fingerprint density at radius 3 is 2.56 bits per heavy atom. The summed E-state index contributed by atoms with van der Waals surface area (Å²) in [7, 11) is 0. The Balaban J connectivity index is 1.76. The molecule has 0 radical (unpaired) electrons. The fourth-order valence-electron chi connectivity index (χ4n) is 2.30. The van der Waals surface area contributed by atoms with Crippen molar-refractivity contribution in [3.8, 4) is 17.7 Å². The maximum absolute atomic E-state index is 13.3. The number of benzene rings is 2. The summed E-state index contributed by atoms with van der Waals surface area (Å²) in [6.07, 6.45) is 2.76. The van der Waals surface area contributed by atoms with E-state index in [4.69, 9.17) is 4.74 Å². The standard InChI is InChI=1S/C20H12FN3O3/c21-17-3-1-2-15(11-17)16(12-22)10-14-4-7-19(8-5-14)27-20-9-6-18(13-23-20)24(25)26/h1-11,13H/b16-10-. The van der Waals surface area contributed by atoms with Gasteiger partial charge in [0.1, 0.15) is 17.8 Å². The molecule has 0 bridgehead atoms. The molecule has 7 heteroatoms. The number of rotatable bonds is 5. The number of halogens is 1. The van der Waals surface area contributed by atoms with Crippen LogP contribution in [0.3, 0.4) is 0 Å². The molecule has 6 nitrogen and oxygen atoms in total. The van der Waals surface area contributed by atoms with Crippen molar-refractivity contribution in [2.45, 2.75) is 0 Å². The smallest absolute Gasteiger partial charge is 0.287 e. The van der Waals surface area contributed by atoms with Crippen LogP contribution in [-0.2, 0) is 0 Å². The van der Waals surface area contributed by atoms with Crippen molar-refractivity contribution < 1.29 is 14.1 Å². The number of hydrogen-bond acceptors (Lipinski definition) is 5. The van der Waals surface area contributed by atoms with Gasteiger partial charge in [-0.2, -0.15) is 5.26 Å². The minimum Gasteiger partial charge on any atom is -0.439 e. The van der Waals surface area contributed by atoms with E-state index in [0.717, 1.165) is 11.8 Å². The lowest BCUT2D eigenvalue weighted by molar-refractivity contribution is -0.385. The van der Waals surface area contributed by atoms with Gasteiger partial charge in [-0.25, -0.2) is 9.37 Å². The zero-order chi connectivity index (χ0) is 19.2. The predicted octanol–water partition coefficient (Wildman–Crippen LogP) is 4.99. The van der Waals surface area contributed by atoms with E-state index in [-0.39, 0.29) is 11.6 Å². The molecule has 0 aliphatic rings. The van der Waals surface area contributed by atoms with Crippen molar-refractivity contribution in [2.75, 3.05) is 0 Å². The van der Waals surface area contributed by atoms with Gasteiger partial charge in [0.2, 0.25) is 5.88 Å². The Kier molecular flexibility index (Phi) is 5.19. The summed E-state index contributed by atoms with van der Waals surface area (Å²) in [5.74, 6) is 0.298. The SMILES string of the molecule is N#C/C(=C/c1ccc(Oc2ccc([N+](=O)[O-])cn2)cc1)c1cccc(F)c1. The summed E-state index contributed by atoms with van der Waals surface area (Å²) >= 11 is 0.